The number of carbonyl (C=O) groups is 1. The molecule has 0 unspecified atom stereocenters. The number of benzene rings is 1. The number of aromatic nitrogens is 2. The number of ketones is 1. The summed E-state index contributed by atoms with van der Waals surface area (Å²) in [6, 6.07) is 8.13. The zero-order valence-electron chi connectivity index (χ0n) is 15.3. The Labute approximate surface area is 160 Å². The molecular weight excluding hydrogens is 366 g/mol. The monoisotopic (exact) mass is 385 g/mol. The molecule has 3 rings (SSSR count). The van der Waals surface area contributed by atoms with Crippen LogP contribution in [0.2, 0.25) is 0 Å². The van der Waals surface area contributed by atoms with Crippen LogP contribution in [0.15, 0.2) is 40.2 Å². The highest BCUT2D eigenvalue weighted by Crippen LogP contribution is 2.23. The van der Waals surface area contributed by atoms with Crippen molar-refractivity contribution in [1.82, 2.24) is 10.1 Å². The predicted molar refractivity (Wildman–Crippen MR) is 101 cm³/mol. The summed E-state index contributed by atoms with van der Waals surface area (Å²) in [5.41, 5.74) is 1.79. The van der Waals surface area contributed by atoms with Crippen molar-refractivity contribution in [3.63, 3.8) is 0 Å². The summed E-state index contributed by atoms with van der Waals surface area (Å²) < 4.78 is 5.31. The van der Waals surface area contributed by atoms with Gasteiger partial charge in [0.05, 0.1) is 22.0 Å². The zero-order chi connectivity index (χ0) is 19.6. The first-order valence-corrected chi connectivity index (χ1v) is 9.27. The van der Waals surface area contributed by atoms with E-state index in [2.05, 4.69) is 10.1 Å². The van der Waals surface area contributed by atoms with Gasteiger partial charge in [0, 0.05) is 35.4 Å². The molecule has 3 aromatic rings. The van der Waals surface area contributed by atoms with Gasteiger partial charge >= 0.3 is 0 Å². The van der Waals surface area contributed by atoms with Gasteiger partial charge < -0.3 is 4.52 Å². The van der Waals surface area contributed by atoms with E-state index in [9.17, 15) is 14.9 Å². The minimum Gasteiger partial charge on any atom is -0.361 e. The van der Waals surface area contributed by atoms with E-state index in [1.165, 1.54) is 23.5 Å². The number of nitrogens with zero attached hydrogens (tertiary/aromatic N) is 3. The Morgan fingerprint density at radius 3 is 2.56 bits per heavy atom. The molecule has 0 saturated carbocycles. The molecule has 1 aromatic carbocycles. The van der Waals surface area contributed by atoms with E-state index in [1.54, 1.807) is 17.5 Å². The van der Waals surface area contributed by atoms with E-state index in [-0.39, 0.29) is 23.3 Å². The zero-order valence-corrected chi connectivity index (χ0v) is 16.1. The van der Waals surface area contributed by atoms with E-state index in [0.717, 1.165) is 16.3 Å². The lowest BCUT2D eigenvalue weighted by molar-refractivity contribution is -0.384. The number of thiazole rings is 1. The van der Waals surface area contributed by atoms with Crippen molar-refractivity contribution in [2.24, 2.45) is 0 Å². The van der Waals surface area contributed by atoms with E-state index < -0.39 is 4.92 Å². The van der Waals surface area contributed by atoms with Gasteiger partial charge in [-0.3, -0.25) is 14.9 Å². The van der Waals surface area contributed by atoms with Crippen molar-refractivity contribution in [1.29, 1.82) is 0 Å². The topological polar surface area (TPSA) is 99.1 Å². The molecule has 0 bridgehead atoms. The van der Waals surface area contributed by atoms with Crippen LogP contribution in [0.1, 0.15) is 53.3 Å². The lowest BCUT2D eigenvalue weighted by Gasteiger charge is -2.12. The van der Waals surface area contributed by atoms with E-state index >= 15 is 0 Å². The summed E-state index contributed by atoms with van der Waals surface area (Å²) >= 11 is 1.39. The number of non-ortho nitro benzene ring substituents is 1. The van der Waals surface area contributed by atoms with Crippen LogP contribution >= 0.6 is 11.3 Å². The number of hydrogen-bond donors (Lipinski definition) is 0. The van der Waals surface area contributed by atoms with Gasteiger partial charge in [-0.15, -0.1) is 11.3 Å². The Balaban J connectivity index is 1.65. The van der Waals surface area contributed by atoms with Gasteiger partial charge in [0.25, 0.3) is 5.69 Å². The number of nitro benzene ring substituents is 1. The molecule has 0 amide bonds. The maximum Gasteiger partial charge on any atom is 0.269 e. The van der Waals surface area contributed by atoms with Crippen LogP contribution in [-0.4, -0.2) is 20.8 Å². The third kappa shape index (κ3) is 4.65. The minimum atomic E-state index is -0.432. The SMILES string of the molecule is CC(C)(C)c1cc(CC(=O)c2csc(Cc3ccc([N+](=O)[O-])cc3)n2)no1. The molecule has 2 heterocycles. The molecule has 27 heavy (non-hydrogen) atoms. The molecule has 0 atom stereocenters. The lowest BCUT2D eigenvalue weighted by atomic mass is 9.93. The predicted octanol–water partition coefficient (Wildman–Crippen LogP) is 4.35. The summed E-state index contributed by atoms with van der Waals surface area (Å²) in [5.74, 6) is 0.623. The molecule has 0 aliphatic rings. The van der Waals surface area contributed by atoms with Crippen LogP contribution in [0.3, 0.4) is 0 Å². The summed E-state index contributed by atoms with van der Waals surface area (Å²) in [6.45, 7) is 6.05. The smallest absolute Gasteiger partial charge is 0.269 e. The standard InChI is InChI=1S/C19H19N3O4S/c1-19(2,3)17-10-13(21-26-17)9-16(23)15-11-27-18(20-15)8-12-4-6-14(7-5-12)22(24)25/h4-7,10-11H,8-9H2,1-3H3. The van der Waals surface area contributed by atoms with Crippen LogP contribution in [0, 0.1) is 10.1 Å². The maximum atomic E-state index is 12.4. The molecule has 0 fully saturated rings. The third-order valence-electron chi connectivity index (χ3n) is 3.98. The molecule has 8 heteroatoms. The molecule has 140 valence electrons. The van der Waals surface area contributed by atoms with Crippen LogP contribution in [0.25, 0.3) is 0 Å². The fraction of sp³-hybridized carbons (Fsp3) is 0.316. The molecule has 0 N–H and O–H groups in total. The third-order valence-corrected chi connectivity index (χ3v) is 4.83. The molecule has 2 aromatic heterocycles. The van der Waals surface area contributed by atoms with Gasteiger partial charge in [0.15, 0.2) is 5.78 Å². The first kappa shape index (κ1) is 18.9. The van der Waals surface area contributed by atoms with E-state index in [4.69, 9.17) is 4.52 Å². The maximum absolute atomic E-state index is 12.4. The highest BCUT2D eigenvalue weighted by atomic mass is 32.1. The summed E-state index contributed by atoms with van der Waals surface area (Å²) in [5, 5.41) is 17.2. The van der Waals surface area contributed by atoms with Crippen molar-refractivity contribution < 1.29 is 14.2 Å². The van der Waals surface area contributed by atoms with Crippen molar-refractivity contribution >= 4 is 22.8 Å². The molecule has 7 nitrogen and oxygen atoms in total. The number of hydrogen-bond acceptors (Lipinski definition) is 7. The summed E-state index contributed by atoms with van der Waals surface area (Å²) in [7, 11) is 0. The van der Waals surface area contributed by atoms with Crippen LogP contribution < -0.4 is 0 Å². The van der Waals surface area contributed by atoms with Gasteiger partial charge in [-0.05, 0) is 5.56 Å². The van der Waals surface area contributed by atoms with Gasteiger partial charge in [0.1, 0.15) is 11.5 Å². The fourth-order valence-electron chi connectivity index (χ4n) is 2.43. The van der Waals surface area contributed by atoms with Crippen LogP contribution in [0.5, 0.6) is 0 Å². The summed E-state index contributed by atoms with van der Waals surface area (Å²) in [6.07, 6.45) is 0.661. The molecule has 0 aliphatic heterocycles. The molecule has 0 spiro atoms. The first-order valence-electron chi connectivity index (χ1n) is 8.39. The van der Waals surface area contributed by atoms with E-state index in [0.29, 0.717) is 17.8 Å². The van der Waals surface area contributed by atoms with Crippen molar-refractivity contribution in [3.8, 4) is 0 Å². The Kier molecular flexibility index (Phi) is 5.18. The minimum absolute atomic E-state index is 0.0518. The fourth-order valence-corrected chi connectivity index (χ4v) is 3.27. The largest absolute Gasteiger partial charge is 0.361 e. The number of Topliss-reactive ketones (excluding diaryl/α,β-unsaturated/α-hetero) is 1. The van der Waals surface area contributed by atoms with Crippen molar-refractivity contribution in [3.05, 3.63) is 73.5 Å². The van der Waals surface area contributed by atoms with Gasteiger partial charge in [-0.1, -0.05) is 38.1 Å². The van der Waals surface area contributed by atoms with Crippen molar-refractivity contribution in [2.75, 3.05) is 0 Å². The highest BCUT2D eigenvalue weighted by molar-refractivity contribution is 7.09. The Morgan fingerprint density at radius 1 is 1.26 bits per heavy atom. The first-order chi connectivity index (χ1) is 12.7. The average Bonchev–Trinajstić information content (AvgIpc) is 3.24. The second-order valence-electron chi connectivity index (χ2n) is 7.26. The van der Waals surface area contributed by atoms with Crippen LogP contribution in [-0.2, 0) is 18.3 Å². The molecule has 0 saturated heterocycles. The van der Waals surface area contributed by atoms with Gasteiger partial charge in [-0.2, -0.15) is 0 Å². The van der Waals surface area contributed by atoms with Gasteiger partial charge in [-0.25, -0.2) is 4.98 Å². The molecular formula is C19H19N3O4S. The number of rotatable bonds is 6. The molecule has 0 aliphatic carbocycles. The quantitative estimate of drug-likeness (QED) is 0.355. The number of nitro groups is 1. The average molecular weight is 385 g/mol. The van der Waals surface area contributed by atoms with Gasteiger partial charge in [0.2, 0.25) is 0 Å². The Morgan fingerprint density at radius 2 is 1.96 bits per heavy atom. The summed E-state index contributed by atoms with van der Waals surface area (Å²) in [4.78, 5) is 27.1. The Bertz CT molecular complexity index is 968. The normalized spacial score (nSPS) is 11.5. The lowest BCUT2D eigenvalue weighted by Crippen LogP contribution is -2.09. The second-order valence-corrected chi connectivity index (χ2v) is 8.20. The highest BCUT2D eigenvalue weighted by Gasteiger charge is 2.21. The van der Waals surface area contributed by atoms with Crippen molar-refractivity contribution in [2.45, 2.75) is 39.0 Å². The number of carbonyl (C=O) groups excluding carboxylic acids is 1. The molecule has 0 radical (unpaired) electrons. The van der Waals surface area contributed by atoms with E-state index in [1.807, 2.05) is 26.8 Å². The Hall–Kier alpha value is -2.87. The second kappa shape index (κ2) is 7.40. The van der Waals surface area contributed by atoms with Crippen LogP contribution in [0.4, 0.5) is 5.69 Å².